The maximum atomic E-state index is 12.5. The van der Waals surface area contributed by atoms with Crippen LogP contribution in [0.4, 0.5) is 17.1 Å². The van der Waals surface area contributed by atoms with Crippen molar-refractivity contribution in [1.82, 2.24) is 0 Å². The highest BCUT2D eigenvalue weighted by molar-refractivity contribution is 9.10. The van der Waals surface area contributed by atoms with Crippen LogP contribution in [0.1, 0.15) is 15.9 Å². The van der Waals surface area contributed by atoms with Crippen LogP contribution in [0.2, 0.25) is 0 Å². The van der Waals surface area contributed by atoms with Gasteiger partial charge in [-0.05, 0) is 36.8 Å². The second-order valence-corrected chi connectivity index (χ2v) is 6.13. The molecule has 0 fully saturated rings. The van der Waals surface area contributed by atoms with Crippen LogP contribution in [0, 0.1) is 17.0 Å². The number of nitro groups is 1. The van der Waals surface area contributed by atoms with Gasteiger partial charge >= 0.3 is 0 Å². The summed E-state index contributed by atoms with van der Waals surface area (Å²) in [5.74, 6) is -0.390. The van der Waals surface area contributed by atoms with Crippen LogP contribution in [0.5, 0.6) is 0 Å². The third-order valence-electron chi connectivity index (χ3n) is 3.33. The van der Waals surface area contributed by atoms with Gasteiger partial charge in [0.15, 0.2) is 0 Å². The molecule has 0 spiro atoms. The number of amides is 1. The average molecular weight is 378 g/mol. The van der Waals surface area contributed by atoms with E-state index in [2.05, 4.69) is 21.2 Å². The molecule has 0 radical (unpaired) electrons. The number of carbonyl (C=O) groups excluding carboxylic acids is 1. The van der Waals surface area contributed by atoms with Crippen molar-refractivity contribution >= 4 is 38.9 Å². The number of nitrogens with zero attached hydrogens (tertiary/aromatic N) is 2. The van der Waals surface area contributed by atoms with Gasteiger partial charge in [0.1, 0.15) is 0 Å². The Morgan fingerprint density at radius 3 is 2.48 bits per heavy atom. The normalized spacial score (nSPS) is 10.3. The summed E-state index contributed by atoms with van der Waals surface area (Å²) in [6, 6.07) is 9.67. The summed E-state index contributed by atoms with van der Waals surface area (Å²) in [7, 11) is 3.56. The van der Waals surface area contributed by atoms with E-state index in [4.69, 9.17) is 0 Å². The van der Waals surface area contributed by atoms with Gasteiger partial charge in [-0.25, -0.2) is 0 Å². The van der Waals surface area contributed by atoms with Gasteiger partial charge < -0.3 is 10.2 Å². The summed E-state index contributed by atoms with van der Waals surface area (Å²) in [5, 5.41) is 13.7. The van der Waals surface area contributed by atoms with E-state index < -0.39 is 4.92 Å². The van der Waals surface area contributed by atoms with Gasteiger partial charge in [-0.3, -0.25) is 14.9 Å². The Morgan fingerprint density at radius 2 is 1.91 bits per heavy atom. The predicted molar refractivity (Wildman–Crippen MR) is 94.3 cm³/mol. The Morgan fingerprint density at radius 1 is 1.22 bits per heavy atom. The highest BCUT2D eigenvalue weighted by Crippen LogP contribution is 2.26. The molecule has 0 atom stereocenters. The lowest BCUT2D eigenvalue weighted by Crippen LogP contribution is -2.18. The lowest BCUT2D eigenvalue weighted by atomic mass is 10.1. The summed E-state index contributed by atoms with van der Waals surface area (Å²) in [4.78, 5) is 24.7. The third kappa shape index (κ3) is 3.87. The number of hydrogen-bond acceptors (Lipinski definition) is 4. The molecule has 1 N–H and O–H groups in total. The lowest BCUT2D eigenvalue weighted by molar-refractivity contribution is -0.384. The topological polar surface area (TPSA) is 75.5 Å². The number of anilines is 2. The molecule has 0 unspecified atom stereocenters. The van der Waals surface area contributed by atoms with Crippen LogP contribution in [0.15, 0.2) is 40.9 Å². The second-order valence-electron chi connectivity index (χ2n) is 5.27. The summed E-state index contributed by atoms with van der Waals surface area (Å²) in [6.07, 6.45) is 0. The number of halogens is 1. The van der Waals surface area contributed by atoms with Gasteiger partial charge in [-0.15, -0.1) is 0 Å². The van der Waals surface area contributed by atoms with Crippen molar-refractivity contribution in [2.75, 3.05) is 24.3 Å². The monoisotopic (exact) mass is 377 g/mol. The molecule has 0 saturated carbocycles. The molecule has 23 heavy (non-hydrogen) atoms. The first-order chi connectivity index (χ1) is 10.8. The minimum atomic E-state index is -0.514. The number of nitro benzene ring substituents is 1. The summed E-state index contributed by atoms with van der Waals surface area (Å²) >= 11 is 3.40. The van der Waals surface area contributed by atoms with Crippen molar-refractivity contribution < 1.29 is 9.72 Å². The van der Waals surface area contributed by atoms with Gasteiger partial charge in [0.25, 0.3) is 11.6 Å². The molecule has 2 aromatic carbocycles. The third-order valence-corrected chi connectivity index (χ3v) is 4.22. The van der Waals surface area contributed by atoms with Gasteiger partial charge in [0.05, 0.1) is 10.5 Å². The molecular formula is C16H16BrN3O3. The molecule has 7 heteroatoms. The lowest BCUT2D eigenvalue weighted by Gasteiger charge is -2.17. The molecule has 0 bridgehead atoms. The summed E-state index contributed by atoms with van der Waals surface area (Å²) < 4.78 is 0.944. The SMILES string of the molecule is Cc1cc(NC(=O)c2cc([N+](=O)[O-])ccc2N(C)C)ccc1Br. The van der Waals surface area contributed by atoms with E-state index in [1.165, 1.54) is 12.1 Å². The highest BCUT2D eigenvalue weighted by atomic mass is 79.9. The molecule has 120 valence electrons. The molecular weight excluding hydrogens is 362 g/mol. The largest absolute Gasteiger partial charge is 0.377 e. The van der Waals surface area contributed by atoms with Crippen molar-refractivity contribution in [3.8, 4) is 0 Å². The highest BCUT2D eigenvalue weighted by Gasteiger charge is 2.18. The molecule has 0 aliphatic rings. The Kier molecular flexibility index (Phi) is 5.00. The molecule has 1 amide bonds. The van der Waals surface area contributed by atoms with Crippen LogP contribution >= 0.6 is 15.9 Å². The van der Waals surface area contributed by atoms with Crippen molar-refractivity contribution in [2.45, 2.75) is 6.92 Å². The molecule has 2 aromatic rings. The van der Waals surface area contributed by atoms with Crippen molar-refractivity contribution in [3.63, 3.8) is 0 Å². The van der Waals surface area contributed by atoms with E-state index >= 15 is 0 Å². The van der Waals surface area contributed by atoms with E-state index in [1.807, 2.05) is 19.1 Å². The fraction of sp³-hybridized carbons (Fsp3) is 0.188. The molecule has 0 heterocycles. The van der Waals surface area contributed by atoms with Crippen LogP contribution in [0.25, 0.3) is 0 Å². The summed E-state index contributed by atoms with van der Waals surface area (Å²) in [5.41, 5.74) is 2.36. The standard InChI is InChI=1S/C16H16BrN3O3/c1-10-8-11(4-6-14(10)17)18-16(21)13-9-12(20(22)23)5-7-15(13)19(2)3/h4-9H,1-3H3,(H,18,21). The molecule has 2 rings (SSSR count). The zero-order chi connectivity index (χ0) is 17.1. The van der Waals surface area contributed by atoms with E-state index in [0.29, 0.717) is 11.4 Å². The fourth-order valence-electron chi connectivity index (χ4n) is 2.13. The maximum Gasteiger partial charge on any atom is 0.270 e. The number of rotatable bonds is 4. The Balaban J connectivity index is 2.38. The maximum absolute atomic E-state index is 12.5. The number of carbonyl (C=O) groups is 1. The van der Waals surface area contributed by atoms with Crippen molar-refractivity contribution in [2.24, 2.45) is 0 Å². The molecule has 0 aromatic heterocycles. The zero-order valence-electron chi connectivity index (χ0n) is 13.0. The minimum Gasteiger partial charge on any atom is -0.377 e. The van der Waals surface area contributed by atoms with Gasteiger partial charge in [-0.1, -0.05) is 15.9 Å². The quantitative estimate of drug-likeness (QED) is 0.645. The first kappa shape index (κ1) is 17.0. The predicted octanol–water partition coefficient (Wildman–Crippen LogP) is 3.98. The zero-order valence-corrected chi connectivity index (χ0v) is 14.5. The van der Waals surface area contributed by atoms with E-state index in [1.54, 1.807) is 31.1 Å². The smallest absolute Gasteiger partial charge is 0.270 e. The first-order valence-electron chi connectivity index (χ1n) is 6.83. The van der Waals surface area contributed by atoms with Crippen molar-refractivity contribution in [3.05, 3.63) is 62.1 Å². The van der Waals surface area contributed by atoms with Crippen molar-refractivity contribution in [1.29, 1.82) is 0 Å². The number of hydrogen-bond donors (Lipinski definition) is 1. The van der Waals surface area contributed by atoms with Crippen LogP contribution in [-0.2, 0) is 0 Å². The Hall–Kier alpha value is -2.41. The first-order valence-corrected chi connectivity index (χ1v) is 7.62. The fourth-order valence-corrected chi connectivity index (χ4v) is 2.38. The van der Waals surface area contributed by atoms with E-state index in [0.717, 1.165) is 10.0 Å². The van der Waals surface area contributed by atoms with E-state index in [9.17, 15) is 14.9 Å². The van der Waals surface area contributed by atoms with Crippen LogP contribution in [-0.4, -0.2) is 24.9 Å². The molecule has 0 aliphatic carbocycles. The van der Waals surface area contributed by atoms with Gasteiger partial charge in [-0.2, -0.15) is 0 Å². The average Bonchev–Trinajstić information content (AvgIpc) is 2.50. The minimum absolute atomic E-state index is 0.118. The van der Waals surface area contributed by atoms with Gasteiger partial charge in [0.2, 0.25) is 0 Å². The number of non-ortho nitro benzene ring substituents is 1. The van der Waals surface area contributed by atoms with Crippen LogP contribution in [0.3, 0.4) is 0 Å². The summed E-state index contributed by atoms with van der Waals surface area (Å²) in [6.45, 7) is 1.92. The Labute approximate surface area is 142 Å². The number of nitrogens with one attached hydrogen (secondary N) is 1. The molecule has 0 saturated heterocycles. The van der Waals surface area contributed by atoms with Crippen LogP contribution < -0.4 is 10.2 Å². The molecule has 6 nitrogen and oxygen atoms in total. The van der Waals surface area contributed by atoms with Gasteiger partial charge in [0, 0.05) is 42.1 Å². The van der Waals surface area contributed by atoms with E-state index in [-0.39, 0.29) is 17.2 Å². The second kappa shape index (κ2) is 6.78. The molecule has 0 aliphatic heterocycles. The number of benzene rings is 2. The Bertz CT molecular complexity index is 775. The number of aryl methyl sites for hydroxylation is 1.